The number of allylic oxidation sites excluding steroid dienone is 2. The standard InChI is InChI=1S/C13H19NO.C13H24.C5H6S/c1-4-10-7-8-12(9-11(10)5-2)14-13(15)6-3;1-10(2)8-9-13(4,5)11(3)12-6-7-12;1-5-2-3-6-4-5/h7-9H,4-6H2,1-3H3,(H,14,15);10H,6-9H2,1-5H3;2-4H,1H3. The summed E-state index contributed by atoms with van der Waals surface area (Å²) in [5, 5.41) is 7.08. The molecule has 1 aromatic carbocycles. The van der Waals surface area contributed by atoms with Gasteiger partial charge in [-0.05, 0) is 103 Å². The Hall–Kier alpha value is -1.87. The fourth-order valence-electron chi connectivity index (χ4n) is 3.71. The van der Waals surface area contributed by atoms with Crippen LogP contribution >= 0.6 is 11.3 Å². The third kappa shape index (κ3) is 11.5. The maximum absolute atomic E-state index is 11.2. The minimum atomic E-state index is 0.0706. The second kappa shape index (κ2) is 15.2. The highest BCUT2D eigenvalue weighted by Crippen LogP contribution is 2.42. The molecule has 0 aliphatic heterocycles. The molecule has 1 fully saturated rings. The molecule has 0 radical (unpaired) electrons. The quantitative estimate of drug-likeness (QED) is 0.372. The molecular formula is C31H49NOS. The molecule has 1 saturated carbocycles. The zero-order valence-electron chi connectivity index (χ0n) is 23.3. The molecule has 0 unspecified atom stereocenters. The van der Waals surface area contributed by atoms with Gasteiger partial charge in [0.2, 0.25) is 5.91 Å². The molecule has 1 N–H and O–H groups in total. The van der Waals surface area contributed by atoms with Crippen molar-refractivity contribution in [2.75, 3.05) is 5.32 Å². The Labute approximate surface area is 214 Å². The predicted octanol–water partition coefficient (Wildman–Crippen LogP) is 9.78. The second-order valence-corrected chi connectivity index (χ2v) is 11.2. The highest BCUT2D eigenvalue weighted by molar-refractivity contribution is 7.07. The Balaban J connectivity index is 0.000000276. The number of rotatable bonds is 8. The summed E-state index contributed by atoms with van der Waals surface area (Å²) in [4.78, 5) is 11.2. The number of thiophene rings is 1. The second-order valence-electron chi connectivity index (χ2n) is 10.4. The lowest BCUT2D eigenvalue weighted by Crippen LogP contribution is -2.14. The van der Waals surface area contributed by atoms with Crippen LogP contribution in [0.25, 0.3) is 0 Å². The summed E-state index contributed by atoms with van der Waals surface area (Å²) in [5.41, 5.74) is 8.83. The van der Waals surface area contributed by atoms with E-state index < -0.39 is 0 Å². The molecule has 1 amide bonds. The Morgan fingerprint density at radius 1 is 1.06 bits per heavy atom. The molecule has 2 aromatic rings. The number of carbonyl (C=O) groups is 1. The van der Waals surface area contributed by atoms with E-state index in [0.717, 1.165) is 24.4 Å². The Morgan fingerprint density at radius 2 is 1.71 bits per heavy atom. The van der Waals surface area contributed by atoms with E-state index in [0.29, 0.717) is 11.8 Å². The zero-order valence-corrected chi connectivity index (χ0v) is 24.1. The third-order valence-electron chi connectivity index (χ3n) is 6.63. The fraction of sp³-hybridized carbons (Fsp3) is 0.581. The Kier molecular flexibility index (Phi) is 13.5. The summed E-state index contributed by atoms with van der Waals surface area (Å²) < 4.78 is 0. The molecule has 0 atom stereocenters. The monoisotopic (exact) mass is 483 g/mol. The average molecular weight is 484 g/mol. The number of hydrogen-bond donors (Lipinski definition) is 1. The molecule has 1 aliphatic rings. The van der Waals surface area contributed by atoms with Crippen LogP contribution in [0.1, 0.15) is 104 Å². The van der Waals surface area contributed by atoms with Crippen LogP contribution in [0.2, 0.25) is 0 Å². The molecule has 2 nitrogen and oxygen atoms in total. The van der Waals surface area contributed by atoms with Crippen molar-refractivity contribution in [1.29, 1.82) is 0 Å². The lowest BCUT2D eigenvalue weighted by atomic mass is 9.79. The third-order valence-corrected chi connectivity index (χ3v) is 7.43. The summed E-state index contributed by atoms with van der Waals surface area (Å²) in [7, 11) is 0. The van der Waals surface area contributed by atoms with Gasteiger partial charge in [0.15, 0.2) is 0 Å². The van der Waals surface area contributed by atoms with Gasteiger partial charge in [-0.15, -0.1) is 0 Å². The van der Waals surface area contributed by atoms with Crippen LogP contribution in [0.5, 0.6) is 0 Å². The minimum absolute atomic E-state index is 0.0706. The average Bonchev–Trinajstić information content (AvgIpc) is 3.56. The van der Waals surface area contributed by atoms with Crippen molar-refractivity contribution in [3.63, 3.8) is 0 Å². The highest BCUT2D eigenvalue weighted by Gasteiger charge is 2.26. The van der Waals surface area contributed by atoms with Gasteiger partial charge >= 0.3 is 0 Å². The zero-order chi connectivity index (χ0) is 25.7. The van der Waals surface area contributed by atoms with E-state index in [9.17, 15) is 4.79 Å². The first-order valence-corrected chi connectivity index (χ1v) is 14.1. The molecule has 34 heavy (non-hydrogen) atoms. The van der Waals surface area contributed by atoms with Crippen molar-refractivity contribution in [3.05, 3.63) is 62.9 Å². The number of aryl methyl sites for hydroxylation is 3. The van der Waals surface area contributed by atoms with Gasteiger partial charge in [-0.1, -0.05) is 72.1 Å². The predicted molar refractivity (Wildman–Crippen MR) is 153 cm³/mol. The first-order valence-electron chi connectivity index (χ1n) is 13.1. The molecule has 0 spiro atoms. The highest BCUT2D eigenvalue weighted by atomic mass is 32.1. The van der Waals surface area contributed by atoms with E-state index in [4.69, 9.17) is 0 Å². The van der Waals surface area contributed by atoms with Gasteiger partial charge in [0, 0.05) is 12.1 Å². The molecule has 0 bridgehead atoms. The maximum atomic E-state index is 11.2. The largest absolute Gasteiger partial charge is 0.326 e. The smallest absolute Gasteiger partial charge is 0.224 e. The van der Waals surface area contributed by atoms with E-state index in [1.165, 1.54) is 42.4 Å². The van der Waals surface area contributed by atoms with Gasteiger partial charge in [0.25, 0.3) is 0 Å². The van der Waals surface area contributed by atoms with Crippen LogP contribution in [-0.4, -0.2) is 5.91 Å². The summed E-state index contributed by atoms with van der Waals surface area (Å²) in [6, 6.07) is 8.26. The van der Waals surface area contributed by atoms with E-state index in [1.807, 2.05) is 13.0 Å². The topological polar surface area (TPSA) is 29.1 Å². The van der Waals surface area contributed by atoms with Gasteiger partial charge in [0.05, 0.1) is 0 Å². The van der Waals surface area contributed by atoms with Crippen LogP contribution in [0.15, 0.2) is 46.2 Å². The summed E-state index contributed by atoms with van der Waals surface area (Å²) in [6.45, 7) is 20.0. The van der Waals surface area contributed by atoms with Crippen LogP contribution < -0.4 is 5.32 Å². The van der Waals surface area contributed by atoms with Crippen LogP contribution in [0, 0.1) is 18.3 Å². The van der Waals surface area contributed by atoms with E-state index in [1.54, 1.807) is 22.5 Å². The van der Waals surface area contributed by atoms with Gasteiger partial charge in [-0.2, -0.15) is 11.3 Å². The van der Waals surface area contributed by atoms with Crippen molar-refractivity contribution in [3.8, 4) is 0 Å². The fourth-order valence-corrected chi connectivity index (χ4v) is 4.38. The van der Waals surface area contributed by atoms with E-state index >= 15 is 0 Å². The first kappa shape index (κ1) is 30.2. The van der Waals surface area contributed by atoms with E-state index in [2.05, 4.69) is 89.7 Å². The van der Waals surface area contributed by atoms with Gasteiger partial charge in [-0.25, -0.2) is 0 Å². The van der Waals surface area contributed by atoms with Crippen LogP contribution in [0.4, 0.5) is 5.69 Å². The number of benzene rings is 1. The Bertz CT molecular complexity index is 884. The number of anilines is 1. The van der Waals surface area contributed by atoms with Crippen molar-refractivity contribution >= 4 is 22.9 Å². The Morgan fingerprint density at radius 3 is 2.12 bits per heavy atom. The van der Waals surface area contributed by atoms with Crippen molar-refractivity contribution in [1.82, 2.24) is 0 Å². The van der Waals surface area contributed by atoms with Gasteiger partial charge in [0.1, 0.15) is 0 Å². The molecule has 1 heterocycles. The number of nitrogens with one attached hydrogen (secondary N) is 1. The van der Waals surface area contributed by atoms with Crippen LogP contribution in [0.3, 0.4) is 0 Å². The SMILES string of the molecule is CC(=C1CC1)C(C)(C)CCC(C)C.CCC(=O)Nc1ccc(CC)c(CC)c1.Cc1ccsc1. The lowest BCUT2D eigenvalue weighted by molar-refractivity contribution is -0.115. The van der Waals surface area contributed by atoms with Crippen molar-refractivity contribution < 1.29 is 4.79 Å². The van der Waals surface area contributed by atoms with Crippen molar-refractivity contribution in [2.45, 2.75) is 107 Å². The molecule has 3 rings (SSSR count). The summed E-state index contributed by atoms with van der Waals surface area (Å²) in [6.07, 6.45) is 8.03. The molecular weight excluding hydrogens is 434 g/mol. The van der Waals surface area contributed by atoms with Gasteiger partial charge in [-0.3, -0.25) is 4.79 Å². The van der Waals surface area contributed by atoms with Gasteiger partial charge < -0.3 is 5.32 Å². The molecule has 1 aliphatic carbocycles. The molecule has 0 saturated heterocycles. The first-order chi connectivity index (χ1) is 16.0. The van der Waals surface area contributed by atoms with Crippen LogP contribution in [-0.2, 0) is 17.6 Å². The minimum Gasteiger partial charge on any atom is -0.326 e. The normalized spacial score (nSPS) is 12.4. The molecule has 1 aromatic heterocycles. The maximum Gasteiger partial charge on any atom is 0.224 e. The van der Waals surface area contributed by atoms with Crippen molar-refractivity contribution in [2.24, 2.45) is 11.3 Å². The van der Waals surface area contributed by atoms with E-state index in [-0.39, 0.29) is 5.91 Å². The molecule has 3 heteroatoms. The number of carbonyl (C=O) groups excluding carboxylic acids is 1. The number of amides is 1. The summed E-state index contributed by atoms with van der Waals surface area (Å²) >= 11 is 1.74. The number of hydrogen-bond acceptors (Lipinski definition) is 2. The lowest BCUT2D eigenvalue weighted by Gasteiger charge is -2.27. The summed E-state index contributed by atoms with van der Waals surface area (Å²) in [5.74, 6) is 0.914. The molecule has 190 valence electrons.